The highest BCUT2D eigenvalue weighted by atomic mass is 32.2. The summed E-state index contributed by atoms with van der Waals surface area (Å²) in [6.07, 6.45) is 0.920. The van der Waals surface area contributed by atoms with Gasteiger partial charge in [0.2, 0.25) is 11.8 Å². The fourth-order valence-corrected chi connectivity index (χ4v) is 4.34. The fraction of sp³-hybridized carbons (Fsp3) is 0.333. The molecule has 1 heterocycles. The van der Waals surface area contributed by atoms with Gasteiger partial charge >= 0.3 is 0 Å². The summed E-state index contributed by atoms with van der Waals surface area (Å²) >= 11 is 0. The highest BCUT2D eigenvalue weighted by molar-refractivity contribution is 7.91. The van der Waals surface area contributed by atoms with Gasteiger partial charge in [0.15, 0.2) is 9.84 Å². The predicted octanol–water partition coefficient (Wildman–Crippen LogP) is 3.68. The lowest BCUT2D eigenvalue weighted by Gasteiger charge is -2.08. The minimum atomic E-state index is -3.73. The van der Waals surface area contributed by atoms with Crippen molar-refractivity contribution in [3.63, 3.8) is 0 Å². The van der Waals surface area contributed by atoms with Crippen LogP contribution < -0.4 is 14.8 Å². The van der Waals surface area contributed by atoms with Crippen LogP contribution in [0.25, 0.3) is 11.5 Å². The largest absolute Gasteiger partial charge is 0.497 e. The van der Waals surface area contributed by atoms with Gasteiger partial charge in [-0.2, -0.15) is 0 Å². The smallest absolute Gasteiger partial charge is 0.235 e. The molecule has 0 bridgehead atoms. The number of aryl methyl sites for hydroxylation is 1. The monoisotopic (exact) mass is 472 g/mol. The van der Waals surface area contributed by atoms with Crippen molar-refractivity contribution in [1.82, 2.24) is 10.3 Å². The quantitative estimate of drug-likeness (QED) is 0.454. The van der Waals surface area contributed by atoms with E-state index in [1.165, 1.54) is 0 Å². The first kappa shape index (κ1) is 24.3. The fourth-order valence-electron chi connectivity index (χ4n) is 3.05. The number of nitrogens with one attached hydrogen (secondary N) is 1. The molecular formula is C24H28N2O6S. The van der Waals surface area contributed by atoms with Crippen molar-refractivity contribution in [2.24, 2.45) is 0 Å². The average Bonchev–Trinajstić information content (AvgIpc) is 3.16. The Kier molecular flexibility index (Phi) is 8.11. The summed E-state index contributed by atoms with van der Waals surface area (Å²) in [5.74, 6) is 0.580. The van der Waals surface area contributed by atoms with Crippen molar-refractivity contribution in [2.45, 2.75) is 32.6 Å². The van der Waals surface area contributed by atoms with Crippen LogP contribution in [0.4, 0.5) is 0 Å². The molecule has 0 saturated carbocycles. The number of benzene rings is 2. The molecule has 0 aliphatic rings. The first-order chi connectivity index (χ1) is 15.8. The van der Waals surface area contributed by atoms with E-state index < -0.39 is 21.5 Å². The predicted molar refractivity (Wildman–Crippen MR) is 125 cm³/mol. The molecule has 176 valence electrons. The molecule has 8 nitrogen and oxygen atoms in total. The van der Waals surface area contributed by atoms with Crippen LogP contribution in [0.15, 0.2) is 52.9 Å². The summed E-state index contributed by atoms with van der Waals surface area (Å²) in [6, 6.07) is 14.4. The zero-order valence-electron chi connectivity index (χ0n) is 19.0. The molecule has 0 atom stereocenters. The molecule has 3 rings (SSSR count). The zero-order chi connectivity index (χ0) is 23.8. The lowest BCUT2D eigenvalue weighted by molar-refractivity contribution is -0.118. The molecular weight excluding hydrogens is 444 g/mol. The van der Waals surface area contributed by atoms with Crippen molar-refractivity contribution in [2.75, 3.05) is 19.5 Å². The minimum absolute atomic E-state index is 0.229. The second-order valence-corrected chi connectivity index (χ2v) is 9.62. The van der Waals surface area contributed by atoms with Crippen LogP contribution in [0.3, 0.4) is 0 Å². The molecule has 0 aliphatic carbocycles. The second kappa shape index (κ2) is 11.0. The number of carbonyl (C=O) groups excluding carboxylic acids is 1. The number of amides is 1. The molecule has 9 heteroatoms. The van der Waals surface area contributed by atoms with Crippen molar-refractivity contribution >= 4 is 15.7 Å². The number of nitrogens with zero attached hydrogens (tertiary/aromatic N) is 1. The Morgan fingerprint density at radius 3 is 2.36 bits per heavy atom. The molecule has 0 unspecified atom stereocenters. The van der Waals surface area contributed by atoms with Crippen molar-refractivity contribution < 1.29 is 27.1 Å². The van der Waals surface area contributed by atoms with E-state index in [1.54, 1.807) is 38.3 Å². The Hall–Kier alpha value is -3.33. The number of sulfone groups is 1. The summed E-state index contributed by atoms with van der Waals surface area (Å²) in [7, 11) is -2.16. The number of rotatable bonds is 11. The van der Waals surface area contributed by atoms with Crippen LogP contribution in [-0.4, -0.2) is 38.8 Å². The molecule has 0 aliphatic heterocycles. The molecule has 0 radical (unpaired) electrons. The van der Waals surface area contributed by atoms with Gasteiger partial charge in [0.25, 0.3) is 0 Å². The number of hydrogen-bond acceptors (Lipinski definition) is 7. The highest BCUT2D eigenvalue weighted by Gasteiger charge is 2.22. The number of carbonyl (C=O) groups is 1. The van der Waals surface area contributed by atoms with Gasteiger partial charge in [-0.25, -0.2) is 13.4 Å². The molecule has 1 amide bonds. The standard InChI is InChI=1S/C24H28N2O6S/c1-4-13-31-21-9-5-18(6-10-21)14-25-23(27)16-33(28,29)15-22-17(2)32-24(26-22)19-7-11-20(30-3)12-8-19/h5-12H,4,13-16H2,1-3H3,(H,25,27). The Balaban J connectivity index is 1.56. The second-order valence-electron chi connectivity index (χ2n) is 7.55. The van der Waals surface area contributed by atoms with Gasteiger partial charge in [0, 0.05) is 12.1 Å². The van der Waals surface area contributed by atoms with Crippen molar-refractivity contribution in [1.29, 1.82) is 0 Å². The number of methoxy groups -OCH3 is 1. The number of oxazole rings is 1. The Labute approximate surface area is 193 Å². The molecule has 0 saturated heterocycles. The maximum Gasteiger partial charge on any atom is 0.235 e. The number of aromatic nitrogens is 1. The lowest BCUT2D eigenvalue weighted by atomic mass is 10.2. The van der Waals surface area contributed by atoms with Crippen molar-refractivity contribution in [3.8, 4) is 23.0 Å². The summed E-state index contributed by atoms with van der Waals surface area (Å²) in [4.78, 5) is 16.6. The van der Waals surface area contributed by atoms with Crippen LogP contribution in [0.2, 0.25) is 0 Å². The van der Waals surface area contributed by atoms with E-state index >= 15 is 0 Å². The van der Waals surface area contributed by atoms with E-state index in [4.69, 9.17) is 13.9 Å². The summed E-state index contributed by atoms with van der Waals surface area (Å²) in [5.41, 5.74) is 1.84. The SMILES string of the molecule is CCCOc1ccc(CNC(=O)CS(=O)(=O)Cc2nc(-c3ccc(OC)cc3)oc2C)cc1. The summed E-state index contributed by atoms with van der Waals surface area (Å²) in [6.45, 7) is 4.55. The normalized spacial score (nSPS) is 11.2. The third-order valence-electron chi connectivity index (χ3n) is 4.82. The summed E-state index contributed by atoms with van der Waals surface area (Å²) in [5, 5.41) is 2.65. The first-order valence-corrected chi connectivity index (χ1v) is 12.4. The van der Waals surface area contributed by atoms with Gasteiger partial charge in [-0.3, -0.25) is 4.79 Å². The molecule has 0 spiro atoms. The van der Waals surface area contributed by atoms with E-state index in [0.717, 1.165) is 17.7 Å². The maximum absolute atomic E-state index is 12.6. The van der Waals surface area contributed by atoms with Gasteiger partial charge in [-0.1, -0.05) is 19.1 Å². The third-order valence-corrected chi connectivity index (χ3v) is 6.24. The number of hydrogen-bond donors (Lipinski definition) is 1. The maximum atomic E-state index is 12.6. The van der Waals surface area contributed by atoms with Crippen LogP contribution in [0.1, 0.15) is 30.4 Å². The number of ether oxygens (including phenoxy) is 2. The molecule has 1 aromatic heterocycles. The molecule has 3 aromatic rings. The average molecular weight is 473 g/mol. The van der Waals surface area contributed by atoms with Gasteiger partial charge in [0.1, 0.15) is 23.0 Å². The van der Waals surface area contributed by atoms with E-state index in [9.17, 15) is 13.2 Å². The highest BCUT2D eigenvalue weighted by Crippen LogP contribution is 2.25. The third kappa shape index (κ3) is 7.08. The van der Waals surface area contributed by atoms with Crippen LogP contribution >= 0.6 is 0 Å². The Bertz CT molecular complexity index is 1170. The Morgan fingerprint density at radius 1 is 1.06 bits per heavy atom. The van der Waals surface area contributed by atoms with Gasteiger partial charge in [0.05, 0.1) is 25.2 Å². The minimum Gasteiger partial charge on any atom is -0.497 e. The molecule has 0 fully saturated rings. The molecule has 2 aromatic carbocycles. The van der Waals surface area contributed by atoms with Crippen molar-refractivity contribution in [3.05, 3.63) is 65.5 Å². The molecule has 33 heavy (non-hydrogen) atoms. The van der Waals surface area contributed by atoms with Crippen LogP contribution in [0, 0.1) is 6.92 Å². The zero-order valence-corrected chi connectivity index (χ0v) is 19.8. The van der Waals surface area contributed by atoms with E-state index in [0.29, 0.717) is 29.6 Å². The van der Waals surface area contributed by atoms with E-state index in [2.05, 4.69) is 10.3 Å². The van der Waals surface area contributed by atoms with Gasteiger partial charge in [-0.15, -0.1) is 0 Å². The van der Waals surface area contributed by atoms with Gasteiger partial charge in [-0.05, 0) is 55.3 Å². The van der Waals surface area contributed by atoms with Crippen LogP contribution in [0.5, 0.6) is 11.5 Å². The first-order valence-electron chi connectivity index (χ1n) is 10.6. The van der Waals surface area contributed by atoms with Crippen LogP contribution in [-0.2, 0) is 26.9 Å². The topological polar surface area (TPSA) is 108 Å². The molecule has 1 N–H and O–H groups in total. The lowest BCUT2D eigenvalue weighted by Crippen LogP contribution is -2.30. The van der Waals surface area contributed by atoms with E-state index in [-0.39, 0.29) is 18.0 Å². The van der Waals surface area contributed by atoms with E-state index in [1.807, 2.05) is 31.2 Å². The van der Waals surface area contributed by atoms with Gasteiger partial charge < -0.3 is 19.2 Å². The summed E-state index contributed by atoms with van der Waals surface area (Å²) < 4.78 is 41.4. The Morgan fingerprint density at radius 2 is 1.73 bits per heavy atom.